The van der Waals surface area contributed by atoms with E-state index in [2.05, 4.69) is 15.4 Å². The summed E-state index contributed by atoms with van der Waals surface area (Å²) in [5.74, 6) is 0.275. The molecule has 11 heteroatoms. The molecule has 0 aliphatic carbocycles. The molecule has 0 fully saturated rings. The van der Waals surface area contributed by atoms with Crippen molar-refractivity contribution in [2.24, 2.45) is 7.05 Å². The van der Waals surface area contributed by atoms with Crippen molar-refractivity contribution in [1.82, 2.24) is 14.8 Å². The predicted molar refractivity (Wildman–Crippen MR) is 89.8 cm³/mol. The first-order valence-electron chi connectivity index (χ1n) is 7.59. The molecule has 27 heavy (non-hydrogen) atoms. The minimum atomic E-state index is -4.73. The minimum Gasteiger partial charge on any atom is -0.454 e. The van der Waals surface area contributed by atoms with E-state index in [1.807, 2.05) is 0 Å². The molecule has 2 aromatic heterocycles. The molecule has 7 nitrogen and oxygen atoms in total. The summed E-state index contributed by atoms with van der Waals surface area (Å²) >= 11 is 1.10. The molecule has 0 spiro atoms. The molecule has 1 amide bonds. The number of thiazole rings is 1. The number of carbonyl (C=O) groups is 1. The van der Waals surface area contributed by atoms with Gasteiger partial charge in [-0.15, -0.1) is 11.3 Å². The van der Waals surface area contributed by atoms with Crippen molar-refractivity contribution in [1.29, 1.82) is 0 Å². The highest BCUT2D eigenvalue weighted by Crippen LogP contribution is 2.37. The minimum absolute atomic E-state index is 0.143. The summed E-state index contributed by atoms with van der Waals surface area (Å²) in [6, 6.07) is 5.25. The standard InChI is InChI=1S/C16H11F3N4O3S/c1-23-5-9(13(22-23)16(17,18)19)14(24)21-15-20-10(6-27-15)8-2-3-11-12(4-8)26-7-25-11/h2-6H,7H2,1H3,(H,20,21,24). The second-order valence-corrected chi connectivity index (χ2v) is 6.48. The lowest BCUT2D eigenvalue weighted by molar-refractivity contribution is -0.141. The summed E-state index contributed by atoms with van der Waals surface area (Å²) in [6.45, 7) is 0.143. The van der Waals surface area contributed by atoms with Crippen LogP contribution < -0.4 is 14.8 Å². The summed E-state index contributed by atoms with van der Waals surface area (Å²) in [5.41, 5.74) is -0.524. The van der Waals surface area contributed by atoms with Gasteiger partial charge in [0.05, 0.1) is 11.3 Å². The zero-order chi connectivity index (χ0) is 19.2. The molecule has 0 radical (unpaired) electrons. The summed E-state index contributed by atoms with van der Waals surface area (Å²) < 4.78 is 50.5. The van der Waals surface area contributed by atoms with Crippen LogP contribution in [0.4, 0.5) is 18.3 Å². The average Bonchev–Trinajstić information content (AvgIpc) is 3.31. The van der Waals surface area contributed by atoms with E-state index in [1.165, 1.54) is 7.05 Å². The van der Waals surface area contributed by atoms with Crippen LogP contribution in [-0.4, -0.2) is 27.5 Å². The van der Waals surface area contributed by atoms with Gasteiger partial charge < -0.3 is 9.47 Å². The maximum absolute atomic E-state index is 13.0. The highest BCUT2D eigenvalue weighted by Gasteiger charge is 2.39. The molecule has 0 bridgehead atoms. The van der Waals surface area contributed by atoms with Gasteiger partial charge in [-0.05, 0) is 18.2 Å². The number of anilines is 1. The third kappa shape index (κ3) is 3.33. The Morgan fingerprint density at radius 3 is 2.85 bits per heavy atom. The van der Waals surface area contributed by atoms with Crippen LogP contribution in [0.3, 0.4) is 0 Å². The lowest BCUT2D eigenvalue weighted by atomic mass is 10.1. The summed E-state index contributed by atoms with van der Waals surface area (Å²) in [5, 5.41) is 7.56. The van der Waals surface area contributed by atoms with E-state index in [-0.39, 0.29) is 11.9 Å². The molecule has 3 aromatic rings. The van der Waals surface area contributed by atoms with Crippen molar-refractivity contribution in [3.63, 3.8) is 0 Å². The van der Waals surface area contributed by atoms with Gasteiger partial charge in [-0.1, -0.05) is 0 Å². The van der Waals surface area contributed by atoms with Crippen LogP contribution >= 0.6 is 11.3 Å². The monoisotopic (exact) mass is 396 g/mol. The fourth-order valence-corrected chi connectivity index (χ4v) is 3.26. The average molecular weight is 396 g/mol. The number of halogens is 3. The van der Waals surface area contributed by atoms with Gasteiger partial charge in [-0.2, -0.15) is 18.3 Å². The maximum atomic E-state index is 13.0. The number of carbonyl (C=O) groups excluding carboxylic acids is 1. The van der Waals surface area contributed by atoms with Crippen LogP contribution in [0.25, 0.3) is 11.3 Å². The van der Waals surface area contributed by atoms with Crippen LogP contribution in [0.2, 0.25) is 0 Å². The lowest BCUT2D eigenvalue weighted by Gasteiger charge is -2.05. The van der Waals surface area contributed by atoms with Crippen molar-refractivity contribution in [3.05, 3.63) is 41.0 Å². The Morgan fingerprint density at radius 2 is 2.07 bits per heavy atom. The molecule has 0 unspecified atom stereocenters. The van der Waals surface area contributed by atoms with Crippen LogP contribution in [0, 0.1) is 0 Å². The van der Waals surface area contributed by atoms with Gasteiger partial charge in [-0.25, -0.2) is 4.98 Å². The maximum Gasteiger partial charge on any atom is 0.435 e. The predicted octanol–water partition coefficient (Wildman–Crippen LogP) is 3.54. The van der Waals surface area contributed by atoms with E-state index in [0.717, 1.165) is 27.8 Å². The first-order valence-corrected chi connectivity index (χ1v) is 8.47. The Hall–Kier alpha value is -3.08. The molecule has 1 aliphatic heterocycles. The third-order valence-corrected chi connectivity index (χ3v) is 4.49. The van der Waals surface area contributed by atoms with E-state index in [0.29, 0.717) is 17.2 Å². The number of benzene rings is 1. The first-order chi connectivity index (χ1) is 12.8. The molecule has 0 atom stereocenters. The van der Waals surface area contributed by atoms with Crippen molar-refractivity contribution in [3.8, 4) is 22.8 Å². The zero-order valence-electron chi connectivity index (χ0n) is 13.7. The van der Waals surface area contributed by atoms with Crippen LogP contribution in [0.5, 0.6) is 11.5 Å². The van der Waals surface area contributed by atoms with Crippen LogP contribution in [0.15, 0.2) is 29.8 Å². The lowest BCUT2D eigenvalue weighted by Crippen LogP contribution is -2.17. The van der Waals surface area contributed by atoms with Gasteiger partial charge in [0.2, 0.25) is 6.79 Å². The van der Waals surface area contributed by atoms with Gasteiger partial charge >= 0.3 is 6.18 Å². The molecule has 140 valence electrons. The zero-order valence-corrected chi connectivity index (χ0v) is 14.5. The summed E-state index contributed by atoms with van der Waals surface area (Å²) in [6.07, 6.45) is -3.71. The van der Waals surface area contributed by atoms with Crippen molar-refractivity contribution in [2.75, 3.05) is 12.1 Å². The quantitative estimate of drug-likeness (QED) is 0.733. The fourth-order valence-electron chi connectivity index (χ4n) is 2.55. The second kappa shape index (κ2) is 6.27. The number of hydrogen-bond donors (Lipinski definition) is 1. The summed E-state index contributed by atoms with van der Waals surface area (Å²) in [7, 11) is 1.31. The number of nitrogens with one attached hydrogen (secondary N) is 1. The third-order valence-electron chi connectivity index (χ3n) is 3.73. The van der Waals surface area contributed by atoms with E-state index in [1.54, 1.807) is 23.6 Å². The Morgan fingerprint density at radius 1 is 1.30 bits per heavy atom. The first kappa shape index (κ1) is 17.3. The van der Waals surface area contributed by atoms with E-state index in [9.17, 15) is 18.0 Å². The van der Waals surface area contributed by atoms with Crippen LogP contribution in [0.1, 0.15) is 16.1 Å². The number of aryl methyl sites for hydroxylation is 1. The number of aromatic nitrogens is 3. The molecular formula is C16H11F3N4O3S. The SMILES string of the molecule is Cn1cc(C(=O)Nc2nc(-c3ccc4c(c3)OCO4)cs2)c(C(F)(F)F)n1. The number of alkyl halides is 3. The molecule has 1 aromatic carbocycles. The van der Waals surface area contributed by atoms with Crippen molar-refractivity contribution >= 4 is 22.4 Å². The molecule has 4 rings (SSSR count). The molecule has 0 saturated carbocycles. The smallest absolute Gasteiger partial charge is 0.435 e. The number of amides is 1. The second-order valence-electron chi connectivity index (χ2n) is 5.62. The number of nitrogens with zero attached hydrogens (tertiary/aromatic N) is 3. The van der Waals surface area contributed by atoms with Gasteiger partial charge in [0.15, 0.2) is 22.3 Å². The Labute approximate surface area is 154 Å². The van der Waals surface area contributed by atoms with Gasteiger partial charge in [0.25, 0.3) is 5.91 Å². The van der Waals surface area contributed by atoms with E-state index >= 15 is 0 Å². The van der Waals surface area contributed by atoms with E-state index < -0.39 is 23.3 Å². The van der Waals surface area contributed by atoms with Gasteiger partial charge in [0, 0.05) is 24.2 Å². The van der Waals surface area contributed by atoms with Crippen molar-refractivity contribution < 1.29 is 27.4 Å². The number of fused-ring (bicyclic) bond motifs is 1. The molecule has 1 aliphatic rings. The molecule has 0 saturated heterocycles. The highest BCUT2D eigenvalue weighted by atomic mass is 32.1. The van der Waals surface area contributed by atoms with Gasteiger partial charge in [-0.3, -0.25) is 14.8 Å². The Balaban J connectivity index is 1.56. The topological polar surface area (TPSA) is 78.3 Å². The Kier molecular flexibility index (Phi) is 4.02. The van der Waals surface area contributed by atoms with Crippen LogP contribution in [-0.2, 0) is 13.2 Å². The fraction of sp³-hybridized carbons (Fsp3) is 0.188. The summed E-state index contributed by atoms with van der Waals surface area (Å²) in [4.78, 5) is 16.5. The van der Waals surface area contributed by atoms with E-state index in [4.69, 9.17) is 9.47 Å². The Bertz CT molecular complexity index is 1030. The number of ether oxygens (including phenoxy) is 2. The number of hydrogen-bond acceptors (Lipinski definition) is 6. The number of rotatable bonds is 3. The molecular weight excluding hydrogens is 385 g/mol. The van der Waals surface area contributed by atoms with Crippen molar-refractivity contribution in [2.45, 2.75) is 6.18 Å². The molecule has 1 N–H and O–H groups in total. The highest BCUT2D eigenvalue weighted by molar-refractivity contribution is 7.14. The molecule has 3 heterocycles. The largest absolute Gasteiger partial charge is 0.454 e. The normalized spacial score (nSPS) is 13.0. The van der Waals surface area contributed by atoms with Gasteiger partial charge in [0.1, 0.15) is 0 Å².